The van der Waals surface area contributed by atoms with E-state index >= 15 is 0 Å². The zero-order chi connectivity index (χ0) is 36.5. The molecule has 2 atom stereocenters. The monoisotopic (exact) mass is 758 g/mol. The molecule has 4 aromatic rings. The fourth-order valence-corrected chi connectivity index (χ4v) is 7.34. The summed E-state index contributed by atoms with van der Waals surface area (Å²) in [7, 11) is 3.03. The van der Waals surface area contributed by atoms with Crippen LogP contribution in [0.4, 0.5) is 9.93 Å². The molecule has 13 nitrogen and oxygen atoms in total. The second-order valence-electron chi connectivity index (χ2n) is 11.8. The predicted molar refractivity (Wildman–Crippen MR) is 190 cm³/mol. The summed E-state index contributed by atoms with van der Waals surface area (Å²) in [6.07, 6.45) is 4.75. The Morgan fingerprint density at radius 1 is 1.10 bits per heavy atom. The predicted octanol–water partition coefficient (Wildman–Crippen LogP) is 6.18. The fourth-order valence-electron chi connectivity index (χ4n) is 6.11. The van der Waals surface area contributed by atoms with Crippen molar-refractivity contribution in [2.75, 3.05) is 38.8 Å². The van der Waals surface area contributed by atoms with E-state index in [4.69, 9.17) is 52.1 Å². The summed E-state index contributed by atoms with van der Waals surface area (Å²) in [4.78, 5) is 43.6. The number of halogens is 2. The van der Waals surface area contributed by atoms with Crippen molar-refractivity contribution >= 4 is 58.2 Å². The Hall–Kier alpha value is -4.63. The molecule has 3 aliphatic heterocycles. The van der Waals surface area contributed by atoms with Gasteiger partial charge in [0.05, 0.1) is 26.3 Å². The average molecular weight is 760 g/mol. The van der Waals surface area contributed by atoms with Crippen molar-refractivity contribution in [1.82, 2.24) is 9.88 Å². The van der Waals surface area contributed by atoms with Crippen LogP contribution < -0.4 is 19.1 Å². The molecule has 3 aliphatic rings. The highest BCUT2D eigenvalue weighted by Crippen LogP contribution is 2.36. The first kappa shape index (κ1) is 37.6. The molecular formula is C35H36Cl2N4O9S. The quantitative estimate of drug-likeness (QED) is 0.0807. The molecule has 1 amide bonds. The Morgan fingerprint density at radius 3 is 2.33 bits per heavy atom. The molecule has 16 heteroatoms. The van der Waals surface area contributed by atoms with E-state index in [9.17, 15) is 14.8 Å². The van der Waals surface area contributed by atoms with Gasteiger partial charge < -0.3 is 29.3 Å². The van der Waals surface area contributed by atoms with E-state index in [0.29, 0.717) is 44.0 Å². The smallest absolute Gasteiger partial charge is 0.416 e. The molecule has 51 heavy (non-hydrogen) atoms. The summed E-state index contributed by atoms with van der Waals surface area (Å²) in [6.45, 7) is 2.81. The Labute approximate surface area is 308 Å². The molecule has 3 fully saturated rings. The summed E-state index contributed by atoms with van der Waals surface area (Å²) >= 11 is 14.1. The maximum absolute atomic E-state index is 13.5. The molecule has 0 radical (unpaired) electrons. The highest BCUT2D eigenvalue weighted by molar-refractivity contribution is 7.13. The van der Waals surface area contributed by atoms with E-state index in [1.54, 1.807) is 48.7 Å². The summed E-state index contributed by atoms with van der Waals surface area (Å²) in [5.41, 5.74) is 2.12. The number of carboxylic acid groups (broad SMARTS) is 1. The minimum atomic E-state index is -0.851. The third kappa shape index (κ3) is 9.38. The fraction of sp³-hybridized carbons (Fsp3) is 0.343. The van der Waals surface area contributed by atoms with Crippen LogP contribution in [0.25, 0.3) is 0 Å². The second kappa shape index (κ2) is 17.5. The lowest BCUT2D eigenvalue weighted by Crippen LogP contribution is -2.53. The molecule has 7 rings (SSSR count). The van der Waals surface area contributed by atoms with Gasteiger partial charge in [0.2, 0.25) is 0 Å². The van der Waals surface area contributed by atoms with Crippen LogP contribution in [0.2, 0.25) is 10.0 Å². The van der Waals surface area contributed by atoms with E-state index in [0.717, 1.165) is 38.0 Å². The highest BCUT2D eigenvalue weighted by atomic mass is 35.5. The van der Waals surface area contributed by atoms with Crippen LogP contribution in [-0.2, 0) is 27.2 Å². The maximum Gasteiger partial charge on any atom is 0.416 e. The Balaban J connectivity index is 0.00000162. The van der Waals surface area contributed by atoms with E-state index < -0.39 is 18.2 Å². The van der Waals surface area contributed by atoms with Crippen molar-refractivity contribution in [2.45, 2.75) is 38.0 Å². The second-order valence-corrected chi connectivity index (χ2v) is 13.5. The number of thiazole rings is 1. The number of hydrogen-bond acceptors (Lipinski definition) is 11. The number of carbonyl (C=O) groups is 3. The number of ether oxygens (including phenoxy) is 4. The number of rotatable bonds is 11. The van der Waals surface area contributed by atoms with Gasteiger partial charge in [-0.05, 0) is 67.2 Å². The van der Waals surface area contributed by atoms with E-state index in [-0.39, 0.29) is 35.6 Å². The van der Waals surface area contributed by atoms with Crippen molar-refractivity contribution in [3.05, 3.63) is 104 Å². The first-order chi connectivity index (χ1) is 24.6. The number of esters is 1. The summed E-state index contributed by atoms with van der Waals surface area (Å²) in [5, 5.41) is 21.4. The summed E-state index contributed by atoms with van der Waals surface area (Å²) < 4.78 is 23.4. The molecule has 1 N–H and O–H groups in total. The van der Waals surface area contributed by atoms with E-state index in [2.05, 4.69) is 9.88 Å². The van der Waals surface area contributed by atoms with Gasteiger partial charge in [0.15, 0.2) is 29.0 Å². The molecule has 0 aliphatic carbocycles. The lowest BCUT2D eigenvalue weighted by atomic mass is 9.86. The van der Waals surface area contributed by atoms with Crippen molar-refractivity contribution < 1.29 is 43.2 Å². The van der Waals surface area contributed by atoms with Crippen LogP contribution >= 0.6 is 34.5 Å². The van der Waals surface area contributed by atoms with Crippen LogP contribution in [0.5, 0.6) is 11.5 Å². The van der Waals surface area contributed by atoms with Crippen LogP contribution in [0.3, 0.4) is 0 Å². The normalized spacial score (nSPS) is 18.1. The number of benzene rings is 2. The molecule has 2 bridgehead atoms. The average Bonchev–Trinajstić information content (AvgIpc) is 3.67. The van der Waals surface area contributed by atoms with E-state index in [1.165, 1.54) is 42.8 Å². The van der Waals surface area contributed by atoms with Crippen molar-refractivity contribution in [2.24, 2.45) is 5.92 Å². The zero-order valence-electron chi connectivity index (χ0n) is 27.8. The van der Waals surface area contributed by atoms with Crippen LogP contribution in [0.1, 0.15) is 46.0 Å². The SMILES string of the molecule is COc1ccc([C@H](Cc2c(Cl)c[n+]([O-])cc2Cl)OC(=O)c2ccc(CN(C(=O)O[C@H]3CN4CCC3CC4)c3nccs3)cc2)cc1OC.O=CO. The van der Waals surface area contributed by atoms with Crippen LogP contribution in [0, 0.1) is 11.1 Å². The number of nitrogens with zero attached hydrogens (tertiary/aromatic N) is 4. The minimum Gasteiger partial charge on any atom is -0.619 e. The van der Waals surface area contributed by atoms with Gasteiger partial charge in [-0.1, -0.05) is 41.4 Å². The Kier molecular flexibility index (Phi) is 12.9. The summed E-state index contributed by atoms with van der Waals surface area (Å²) in [5.74, 6) is 0.730. The van der Waals surface area contributed by atoms with Crippen molar-refractivity contribution in [1.29, 1.82) is 0 Å². The number of methoxy groups -OCH3 is 2. The number of pyridine rings is 1. The molecule has 0 spiro atoms. The lowest BCUT2D eigenvalue weighted by molar-refractivity contribution is -0.605. The van der Waals surface area contributed by atoms with E-state index in [1.807, 2.05) is 5.38 Å². The Bertz CT molecular complexity index is 1780. The molecule has 5 heterocycles. The highest BCUT2D eigenvalue weighted by Gasteiger charge is 2.37. The molecule has 270 valence electrons. The van der Waals surface area contributed by atoms with Gasteiger partial charge in [0, 0.05) is 30.1 Å². The first-order valence-electron chi connectivity index (χ1n) is 15.9. The molecule has 0 saturated carbocycles. The molecule has 0 unspecified atom stereocenters. The first-order valence-corrected chi connectivity index (χ1v) is 17.5. The molecular weight excluding hydrogens is 723 g/mol. The number of amides is 1. The standard InChI is InChI=1S/C34H34Cl2N4O7S.CH2O2/c1-44-28-8-7-24(15-30(28)45-2)29(16-25-26(35)18-39(43)19-27(25)36)46-32(41)23-5-3-21(4-6-23)17-40(33-37-11-14-48-33)34(42)47-31-20-38-12-9-22(31)10-13-38;2-1-3/h3-8,11,14-15,18-19,22,29,31H,9-10,12-13,16-17,20H2,1-2H3;1H,(H,2,3)/t29-,31-;/m0./s1. The van der Waals surface area contributed by atoms with Gasteiger partial charge in [-0.3, -0.25) is 9.69 Å². The minimum absolute atomic E-state index is 0.0856. The van der Waals surface area contributed by atoms with Gasteiger partial charge in [0.1, 0.15) is 22.3 Å². The maximum atomic E-state index is 13.5. The van der Waals surface area contributed by atoms with Gasteiger partial charge in [0.25, 0.3) is 6.47 Å². The number of hydrogen-bond donors (Lipinski definition) is 1. The van der Waals surface area contributed by atoms with Gasteiger partial charge in [-0.25, -0.2) is 19.5 Å². The van der Waals surface area contributed by atoms with Crippen molar-refractivity contribution in [3.63, 3.8) is 0 Å². The van der Waals surface area contributed by atoms with Gasteiger partial charge >= 0.3 is 12.1 Å². The number of fused-ring (bicyclic) bond motifs is 3. The van der Waals surface area contributed by atoms with Crippen LogP contribution in [0.15, 0.2) is 66.4 Å². The number of piperidine rings is 3. The van der Waals surface area contributed by atoms with Gasteiger partial charge in [-0.15, -0.1) is 11.3 Å². The molecule has 2 aromatic heterocycles. The summed E-state index contributed by atoms with van der Waals surface area (Å²) in [6, 6.07) is 12.0. The third-order valence-electron chi connectivity index (χ3n) is 8.73. The molecule has 2 aromatic carbocycles. The number of aromatic nitrogens is 2. The van der Waals surface area contributed by atoms with Crippen LogP contribution in [-0.4, -0.2) is 73.5 Å². The lowest BCUT2D eigenvalue weighted by Gasteiger charge is -2.44. The molecule has 3 saturated heterocycles. The number of anilines is 1. The van der Waals surface area contributed by atoms with Crippen molar-refractivity contribution in [3.8, 4) is 11.5 Å². The van der Waals surface area contributed by atoms with Gasteiger partial charge in [-0.2, -0.15) is 4.73 Å². The Morgan fingerprint density at radius 2 is 1.76 bits per heavy atom. The zero-order valence-corrected chi connectivity index (χ0v) is 30.1. The third-order valence-corrected chi connectivity index (χ3v) is 10.2. The topological polar surface area (TPSA) is 155 Å². The number of carbonyl (C=O) groups excluding carboxylic acids is 2. The largest absolute Gasteiger partial charge is 0.619 e.